The fourth-order valence-corrected chi connectivity index (χ4v) is 3.21. The van der Waals surface area contributed by atoms with Gasteiger partial charge in [0.15, 0.2) is 6.61 Å². The Bertz CT molecular complexity index is 834. The van der Waals surface area contributed by atoms with E-state index in [0.717, 1.165) is 19.6 Å². The number of carbonyl (C=O) groups is 2. The fraction of sp³-hybridized carbons (Fsp3) is 0.316. The SMILES string of the molecule is O=C1COc2cc(NC(=O)N3CCN(Cc4cccnc4)CC3)ccc2N1. The lowest BCUT2D eigenvalue weighted by molar-refractivity contribution is -0.118. The molecule has 3 heterocycles. The van der Waals surface area contributed by atoms with Crippen molar-refractivity contribution < 1.29 is 14.3 Å². The van der Waals surface area contributed by atoms with E-state index in [-0.39, 0.29) is 18.5 Å². The maximum absolute atomic E-state index is 12.5. The summed E-state index contributed by atoms with van der Waals surface area (Å²) in [6.07, 6.45) is 3.64. The first-order chi connectivity index (χ1) is 13.2. The highest BCUT2D eigenvalue weighted by Gasteiger charge is 2.22. The quantitative estimate of drug-likeness (QED) is 0.863. The molecule has 0 atom stereocenters. The van der Waals surface area contributed by atoms with E-state index in [9.17, 15) is 9.59 Å². The number of urea groups is 1. The van der Waals surface area contributed by atoms with Gasteiger partial charge in [-0.15, -0.1) is 0 Å². The summed E-state index contributed by atoms with van der Waals surface area (Å²) in [5.74, 6) is 0.386. The van der Waals surface area contributed by atoms with Gasteiger partial charge in [0, 0.05) is 56.9 Å². The van der Waals surface area contributed by atoms with Crippen molar-refractivity contribution in [3.8, 4) is 5.75 Å². The first-order valence-corrected chi connectivity index (χ1v) is 8.91. The summed E-state index contributed by atoms with van der Waals surface area (Å²) in [6, 6.07) is 9.08. The van der Waals surface area contributed by atoms with Crippen LogP contribution in [-0.2, 0) is 11.3 Å². The number of pyridine rings is 1. The lowest BCUT2D eigenvalue weighted by Crippen LogP contribution is -2.49. The van der Waals surface area contributed by atoms with Gasteiger partial charge in [-0.05, 0) is 23.8 Å². The van der Waals surface area contributed by atoms with E-state index in [1.54, 1.807) is 24.4 Å². The summed E-state index contributed by atoms with van der Waals surface area (Å²) in [5, 5.41) is 5.63. The minimum Gasteiger partial charge on any atom is -0.482 e. The van der Waals surface area contributed by atoms with Crippen LogP contribution in [0.2, 0.25) is 0 Å². The molecular formula is C19H21N5O3. The number of ether oxygens (including phenoxy) is 1. The molecule has 1 fully saturated rings. The van der Waals surface area contributed by atoms with Crippen molar-refractivity contribution >= 4 is 23.3 Å². The van der Waals surface area contributed by atoms with E-state index in [0.29, 0.717) is 30.2 Å². The van der Waals surface area contributed by atoms with E-state index >= 15 is 0 Å². The smallest absolute Gasteiger partial charge is 0.321 e. The zero-order chi connectivity index (χ0) is 18.6. The minimum absolute atomic E-state index is 0.0106. The predicted octanol–water partition coefficient (Wildman–Crippen LogP) is 1.76. The van der Waals surface area contributed by atoms with Gasteiger partial charge in [0.05, 0.1) is 5.69 Å². The summed E-state index contributed by atoms with van der Waals surface area (Å²) >= 11 is 0. The van der Waals surface area contributed by atoms with Crippen LogP contribution in [0.4, 0.5) is 16.2 Å². The number of benzene rings is 1. The third-order valence-electron chi connectivity index (χ3n) is 4.65. The van der Waals surface area contributed by atoms with E-state index in [1.807, 2.05) is 17.2 Å². The number of hydrogen-bond donors (Lipinski definition) is 2. The predicted molar refractivity (Wildman–Crippen MR) is 101 cm³/mol. The summed E-state index contributed by atoms with van der Waals surface area (Å²) in [5.41, 5.74) is 2.44. The van der Waals surface area contributed by atoms with Crippen molar-refractivity contribution in [3.05, 3.63) is 48.3 Å². The van der Waals surface area contributed by atoms with Gasteiger partial charge >= 0.3 is 6.03 Å². The number of rotatable bonds is 3. The van der Waals surface area contributed by atoms with Crippen molar-refractivity contribution in [1.82, 2.24) is 14.8 Å². The van der Waals surface area contributed by atoms with Gasteiger partial charge in [-0.25, -0.2) is 4.79 Å². The molecule has 27 heavy (non-hydrogen) atoms. The molecule has 0 saturated carbocycles. The average Bonchev–Trinajstić information content (AvgIpc) is 2.69. The second kappa shape index (κ2) is 7.63. The molecule has 4 rings (SSSR count). The molecule has 2 aliphatic heterocycles. The van der Waals surface area contributed by atoms with Gasteiger partial charge < -0.3 is 20.3 Å². The lowest BCUT2D eigenvalue weighted by Gasteiger charge is -2.34. The number of piperazine rings is 1. The number of nitrogens with zero attached hydrogens (tertiary/aromatic N) is 3. The number of hydrogen-bond acceptors (Lipinski definition) is 5. The first kappa shape index (κ1) is 17.3. The third-order valence-corrected chi connectivity index (χ3v) is 4.65. The summed E-state index contributed by atoms with van der Waals surface area (Å²) in [6.45, 7) is 3.82. The second-order valence-corrected chi connectivity index (χ2v) is 6.60. The normalized spacial score (nSPS) is 16.9. The van der Waals surface area contributed by atoms with Gasteiger partial charge in [-0.1, -0.05) is 6.07 Å². The molecule has 140 valence electrons. The molecule has 3 amide bonds. The minimum atomic E-state index is -0.177. The molecular weight excluding hydrogens is 346 g/mol. The van der Waals surface area contributed by atoms with Crippen LogP contribution in [-0.4, -0.2) is 59.5 Å². The maximum atomic E-state index is 12.5. The number of aromatic nitrogens is 1. The van der Waals surface area contributed by atoms with Crippen molar-refractivity contribution in [2.24, 2.45) is 0 Å². The molecule has 0 radical (unpaired) electrons. The van der Waals surface area contributed by atoms with Crippen molar-refractivity contribution in [2.75, 3.05) is 43.4 Å². The molecule has 2 aliphatic rings. The monoisotopic (exact) mass is 367 g/mol. The maximum Gasteiger partial charge on any atom is 0.321 e. The van der Waals surface area contributed by atoms with Crippen LogP contribution in [0.3, 0.4) is 0 Å². The molecule has 1 aromatic heterocycles. The Morgan fingerprint density at radius 2 is 2.07 bits per heavy atom. The van der Waals surface area contributed by atoms with Gasteiger partial charge in [0.2, 0.25) is 0 Å². The lowest BCUT2D eigenvalue weighted by atomic mass is 10.2. The average molecular weight is 367 g/mol. The zero-order valence-electron chi connectivity index (χ0n) is 14.9. The Morgan fingerprint density at radius 1 is 1.22 bits per heavy atom. The molecule has 8 nitrogen and oxygen atoms in total. The Kier molecular flexibility index (Phi) is 4.88. The van der Waals surface area contributed by atoms with Crippen LogP contribution in [0.15, 0.2) is 42.7 Å². The Balaban J connectivity index is 1.30. The van der Waals surface area contributed by atoms with Crippen LogP contribution in [0.5, 0.6) is 5.75 Å². The number of nitrogens with one attached hydrogen (secondary N) is 2. The number of carbonyl (C=O) groups excluding carboxylic acids is 2. The third kappa shape index (κ3) is 4.17. The number of fused-ring (bicyclic) bond motifs is 1. The van der Waals surface area contributed by atoms with Gasteiger partial charge in [0.25, 0.3) is 5.91 Å². The highest BCUT2D eigenvalue weighted by Crippen LogP contribution is 2.30. The largest absolute Gasteiger partial charge is 0.482 e. The molecule has 0 unspecified atom stereocenters. The van der Waals surface area contributed by atoms with Crippen molar-refractivity contribution in [3.63, 3.8) is 0 Å². The summed E-state index contributed by atoms with van der Waals surface area (Å²) in [4.78, 5) is 32.1. The van der Waals surface area contributed by atoms with Crippen LogP contribution in [0.25, 0.3) is 0 Å². The molecule has 0 spiro atoms. The number of anilines is 2. The number of amides is 3. The molecule has 2 aromatic rings. The van der Waals surface area contributed by atoms with Crippen LogP contribution >= 0.6 is 0 Å². The van der Waals surface area contributed by atoms with Crippen LogP contribution in [0.1, 0.15) is 5.56 Å². The van der Waals surface area contributed by atoms with Gasteiger partial charge in [-0.2, -0.15) is 0 Å². The van der Waals surface area contributed by atoms with E-state index in [1.165, 1.54) is 5.56 Å². The molecule has 1 aromatic carbocycles. The second-order valence-electron chi connectivity index (χ2n) is 6.60. The van der Waals surface area contributed by atoms with Crippen molar-refractivity contribution in [2.45, 2.75) is 6.54 Å². The summed E-state index contributed by atoms with van der Waals surface area (Å²) < 4.78 is 5.39. The van der Waals surface area contributed by atoms with Crippen LogP contribution in [0, 0.1) is 0 Å². The standard InChI is InChI=1S/C19H21N5O3/c25-18-13-27-17-10-15(3-4-16(17)22-18)21-19(26)24-8-6-23(7-9-24)12-14-2-1-5-20-11-14/h1-5,10-11H,6-9,12-13H2,(H,21,26)(H,22,25). The van der Waals surface area contributed by atoms with Gasteiger partial charge in [0.1, 0.15) is 5.75 Å². The summed E-state index contributed by atoms with van der Waals surface area (Å²) in [7, 11) is 0. The van der Waals surface area contributed by atoms with Crippen molar-refractivity contribution in [1.29, 1.82) is 0 Å². The highest BCUT2D eigenvalue weighted by molar-refractivity contribution is 5.96. The molecule has 1 saturated heterocycles. The van der Waals surface area contributed by atoms with E-state index in [4.69, 9.17) is 4.74 Å². The molecule has 0 aliphatic carbocycles. The molecule has 2 N–H and O–H groups in total. The fourth-order valence-electron chi connectivity index (χ4n) is 3.21. The Labute approximate surface area is 157 Å². The van der Waals surface area contributed by atoms with Gasteiger partial charge in [-0.3, -0.25) is 14.7 Å². The first-order valence-electron chi connectivity index (χ1n) is 8.91. The van der Waals surface area contributed by atoms with E-state index in [2.05, 4.69) is 26.6 Å². The highest BCUT2D eigenvalue weighted by atomic mass is 16.5. The molecule has 0 bridgehead atoms. The van der Waals surface area contributed by atoms with Crippen LogP contribution < -0.4 is 15.4 Å². The molecule has 8 heteroatoms. The topological polar surface area (TPSA) is 86.8 Å². The Morgan fingerprint density at radius 3 is 2.85 bits per heavy atom. The van der Waals surface area contributed by atoms with E-state index < -0.39 is 0 Å². The Hall–Kier alpha value is -3.13. The zero-order valence-corrected chi connectivity index (χ0v) is 14.9.